The summed E-state index contributed by atoms with van der Waals surface area (Å²) in [7, 11) is 0. The maximum absolute atomic E-state index is 10.9. The highest BCUT2D eigenvalue weighted by Crippen LogP contribution is 2.27. The van der Waals surface area contributed by atoms with Crippen LogP contribution in [0.1, 0.15) is 10.4 Å². The van der Waals surface area contributed by atoms with Crippen molar-refractivity contribution in [1.29, 1.82) is 5.26 Å². The first kappa shape index (κ1) is 14.7. The lowest BCUT2D eigenvalue weighted by molar-refractivity contribution is -0.384. The molecule has 0 saturated carbocycles. The van der Waals surface area contributed by atoms with Gasteiger partial charge in [0.1, 0.15) is 16.4 Å². The van der Waals surface area contributed by atoms with Gasteiger partial charge in [-0.3, -0.25) is 15.1 Å². The van der Waals surface area contributed by atoms with Crippen LogP contribution in [0, 0.1) is 28.4 Å². The van der Waals surface area contributed by atoms with Gasteiger partial charge in [-0.1, -0.05) is 6.07 Å². The van der Waals surface area contributed by atoms with E-state index in [0.717, 1.165) is 5.56 Å². The number of nitrogens with zero attached hydrogens (tertiary/aromatic N) is 5. The molecule has 0 aliphatic heterocycles. The number of non-ortho nitro benzene ring substituents is 1. The van der Waals surface area contributed by atoms with Gasteiger partial charge in [0.25, 0.3) is 5.69 Å². The molecule has 0 unspecified atom stereocenters. The van der Waals surface area contributed by atoms with Crippen molar-refractivity contribution in [3.63, 3.8) is 0 Å². The summed E-state index contributed by atoms with van der Waals surface area (Å²) in [5, 5.41) is 20.3. The van der Waals surface area contributed by atoms with Crippen molar-refractivity contribution in [3.05, 3.63) is 57.2 Å². The molecule has 8 heteroatoms. The SMILES string of the molecule is Cc1ccc([N+](=O)[O-])cc1/N=C(\C#N)c1cc2nccnc2s1. The second-order valence-corrected chi connectivity index (χ2v) is 5.69. The topological polar surface area (TPSA) is 105 Å². The number of hydrogen-bond acceptors (Lipinski definition) is 7. The first-order chi connectivity index (χ1) is 11.1. The molecule has 0 bridgehead atoms. The van der Waals surface area contributed by atoms with E-state index in [2.05, 4.69) is 15.0 Å². The van der Waals surface area contributed by atoms with Gasteiger partial charge in [0, 0.05) is 24.5 Å². The molecular formula is C15H9N5O2S. The molecule has 2 heterocycles. The average molecular weight is 323 g/mol. The summed E-state index contributed by atoms with van der Waals surface area (Å²) in [4.78, 5) is 24.4. The molecule has 0 aliphatic rings. The van der Waals surface area contributed by atoms with Crippen molar-refractivity contribution >= 4 is 38.8 Å². The zero-order valence-corrected chi connectivity index (χ0v) is 12.7. The molecule has 112 valence electrons. The predicted octanol–water partition coefficient (Wildman–Crippen LogP) is 3.55. The van der Waals surface area contributed by atoms with E-state index in [1.807, 2.05) is 6.07 Å². The van der Waals surface area contributed by atoms with Gasteiger partial charge in [0.15, 0.2) is 5.71 Å². The van der Waals surface area contributed by atoms with Crippen LogP contribution in [0.5, 0.6) is 0 Å². The van der Waals surface area contributed by atoms with Crippen LogP contribution in [-0.2, 0) is 0 Å². The molecule has 0 amide bonds. The second-order valence-electron chi connectivity index (χ2n) is 4.66. The maximum Gasteiger partial charge on any atom is 0.271 e. The third-order valence-electron chi connectivity index (χ3n) is 3.14. The van der Waals surface area contributed by atoms with Crippen molar-refractivity contribution in [3.8, 4) is 6.07 Å². The molecule has 0 atom stereocenters. The summed E-state index contributed by atoms with van der Waals surface area (Å²) < 4.78 is 0. The van der Waals surface area contributed by atoms with Crippen molar-refractivity contribution in [2.45, 2.75) is 6.92 Å². The highest BCUT2D eigenvalue weighted by atomic mass is 32.1. The Hall–Kier alpha value is -3.18. The minimum absolute atomic E-state index is 0.0636. The Labute approximate surface area is 134 Å². The minimum Gasteiger partial charge on any atom is -0.258 e. The van der Waals surface area contributed by atoms with E-state index < -0.39 is 4.92 Å². The number of nitro benzene ring substituents is 1. The van der Waals surface area contributed by atoms with E-state index in [1.54, 1.807) is 31.5 Å². The number of fused-ring (bicyclic) bond motifs is 1. The van der Waals surface area contributed by atoms with Crippen LogP contribution < -0.4 is 0 Å². The Bertz CT molecular complexity index is 954. The Morgan fingerprint density at radius 2 is 2.13 bits per heavy atom. The summed E-state index contributed by atoms with van der Waals surface area (Å²) in [5.74, 6) is 0. The number of hydrogen-bond donors (Lipinski definition) is 0. The van der Waals surface area contributed by atoms with Crippen LogP contribution in [0.3, 0.4) is 0 Å². The third kappa shape index (κ3) is 2.90. The van der Waals surface area contributed by atoms with E-state index in [-0.39, 0.29) is 11.4 Å². The van der Waals surface area contributed by atoms with E-state index in [0.29, 0.717) is 20.9 Å². The van der Waals surface area contributed by atoms with Gasteiger partial charge >= 0.3 is 0 Å². The van der Waals surface area contributed by atoms with E-state index in [9.17, 15) is 15.4 Å². The molecule has 3 aromatic rings. The number of rotatable bonds is 3. The largest absolute Gasteiger partial charge is 0.271 e. The van der Waals surface area contributed by atoms with Gasteiger partial charge in [-0.2, -0.15) is 5.26 Å². The highest BCUT2D eigenvalue weighted by molar-refractivity contribution is 7.20. The summed E-state index contributed by atoms with van der Waals surface area (Å²) in [6, 6.07) is 8.16. The van der Waals surface area contributed by atoms with Crippen molar-refractivity contribution in [1.82, 2.24) is 9.97 Å². The molecule has 0 spiro atoms. The Kier molecular flexibility index (Phi) is 3.78. The molecule has 0 fully saturated rings. The lowest BCUT2D eigenvalue weighted by Crippen LogP contribution is -1.94. The molecule has 2 aromatic heterocycles. The van der Waals surface area contributed by atoms with Crippen molar-refractivity contribution < 1.29 is 4.92 Å². The van der Waals surface area contributed by atoms with Crippen LogP contribution in [0.2, 0.25) is 0 Å². The van der Waals surface area contributed by atoms with Gasteiger partial charge in [-0.25, -0.2) is 9.98 Å². The lowest BCUT2D eigenvalue weighted by atomic mass is 10.2. The summed E-state index contributed by atoms with van der Waals surface area (Å²) >= 11 is 1.30. The molecule has 7 nitrogen and oxygen atoms in total. The van der Waals surface area contributed by atoms with Gasteiger partial charge in [0.2, 0.25) is 0 Å². The van der Waals surface area contributed by atoms with E-state index >= 15 is 0 Å². The third-order valence-corrected chi connectivity index (χ3v) is 4.18. The van der Waals surface area contributed by atoms with Gasteiger partial charge in [-0.05, 0) is 18.6 Å². The number of aromatic nitrogens is 2. The minimum atomic E-state index is -0.488. The summed E-state index contributed by atoms with van der Waals surface area (Å²) in [6.45, 7) is 1.78. The summed E-state index contributed by atoms with van der Waals surface area (Å²) in [5.41, 5.74) is 1.95. The van der Waals surface area contributed by atoms with Gasteiger partial charge < -0.3 is 0 Å². The molecule has 1 aromatic carbocycles. The normalized spacial score (nSPS) is 11.4. The number of aliphatic imine (C=N–C) groups is 1. The fourth-order valence-electron chi connectivity index (χ4n) is 1.98. The molecule has 0 radical (unpaired) electrons. The van der Waals surface area contributed by atoms with E-state index in [1.165, 1.54) is 23.5 Å². The first-order valence-electron chi connectivity index (χ1n) is 6.53. The zero-order chi connectivity index (χ0) is 16.4. The number of nitro groups is 1. The molecule has 3 rings (SSSR count). The van der Waals surface area contributed by atoms with Gasteiger partial charge in [0.05, 0.1) is 15.5 Å². The molecule has 0 aliphatic carbocycles. The predicted molar refractivity (Wildman–Crippen MR) is 87.1 cm³/mol. The number of benzene rings is 1. The number of nitriles is 1. The number of thiophene rings is 1. The fourth-order valence-corrected chi connectivity index (χ4v) is 2.87. The Morgan fingerprint density at radius 1 is 1.35 bits per heavy atom. The molecule has 0 saturated heterocycles. The smallest absolute Gasteiger partial charge is 0.258 e. The maximum atomic E-state index is 10.9. The highest BCUT2D eigenvalue weighted by Gasteiger charge is 2.12. The standard InChI is InChI=1S/C15H9N5O2S/c1-9-2-3-10(20(21)22)6-11(9)19-13(8-16)14-7-12-15(23-14)18-5-4-17-12/h2-7H,1H3/b19-13+. The lowest BCUT2D eigenvalue weighted by Gasteiger charge is -2.00. The van der Waals surface area contributed by atoms with Crippen LogP contribution in [0.25, 0.3) is 10.3 Å². The summed E-state index contributed by atoms with van der Waals surface area (Å²) in [6.07, 6.45) is 3.16. The fraction of sp³-hybridized carbons (Fsp3) is 0.0667. The van der Waals surface area contributed by atoms with Crippen LogP contribution in [-0.4, -0.2) is 20.6 Å². The Morgan fingerprint density at radius 3 is 2.83 bits per heavy atom. The van der Waals surface area contributed by atoms with Crippen molar-refractivity contribution in [2.75, 3.05) is 0 Å². The van der Waals surface area contributed by atoms with Gasteiger partial charge in [-0.15, -0.1) is 11.3 Å². The first-order valence-corrected chi connectivity index (χ1v) is 7.35. The Balaban J connectivity index is 2.10. The van der Waals surface area contributed by atoms with Crippen molar-refractivity contribution in [2.24, 2.45) is 4.99 Å². The molecule has 23 heavy (non-hydrogen) atoms. The molecule has 0 N–H and O–H groups in total. The van der Waals surface area contributed by atoms with E-state index in [4.69, 9.17) is 0 Å². The molecular weight excluding hydrogens is 314 g/mol. The number of aryl methyl sites for hydroxylation is 1. The quantitative estimate of drug-likeness (QED) is 0.416. The average Bonchev–Trinajstić information content (AvgIpc) is 2.97. The zero-order valence-electron chi connectivity index (χ0n) is 11.9. The van der Waals surface area contributed by atoms with Crippen LogP contribution in [0.4, 0.5) is 11.4 Å². The monoisotopic (exact) mass is 323 g/mol. The van der Waals surface area contributed by atoms with Crippen LogP contribution in [0.15, 0.2) is 41.7 Å². The van der Waals surface area contributed by atoms with Crippen LogP contribution >= 0.6 is 11.3 Å². The second kappa shape index (κ2) is 5.90.